The van der Waals surface area contributed by atoms with Gasteiger partial charge in [-0.25, -0.2) is 0 Å². The summed E-state index contributed by atoms with van der Waals surface area (Å²) in [5.74, 6) is 0.871. The van der Waals surface area contributed by atoms with Gasteiger partial charge in [0.15, 0.2) is 0 Å². The highest BCUT2D eigenvalue weighted by Gasteiger charge is 2.15. The largest absolute Gasteiger partial charge is 0.497 e. The van der Waals surface area contributed by atoms with Gasteiger partial charge in [-0.1, -0.05) is 42.5 Å². The van der Waals surface area contributed by atoms with Crippen molar-refractivity contribution in [3.05, 3.63) is 65.7 Å². The molecule has 0 amide bonds. The molecule has 0 aliphatic rings. The van der Waals surface area contributed by atoms with Crippen molar-refractivity contribution in [1.29, 1.82) is 0 Å². The summed E-state index contributed by atoms with van der Waals surface area (Å²) in [7, 11) is 3.78. The second-order valence-electron chi connectivity index (χ2n) is 4.93. The number of rotatable bonds is 6. The highest BCUT2D eigenvalue weighted by Crippen LogP contribution is 2.22. The molecule has 0 spiro atoms. The molecular weight excluding hydrogens is 248 g/mol. The summed E-state index contributed by atoms with van der Waals surface area (Å²) in [6.45, 7) is 1.48. The van der Waals surface area contributed by atoms with Gasteiger partial charge in [0.2, 0.25) is 0 Å². The zero-order valence-corrected chi connectivity index (χ0v) is 12.1. The molecule has 2 aromatic rings. The number of ether oxygens (including phenoxy) is 1. The Kier molecular flexibility index (Phi) is 5.16. The molecule has 1 unspecified atom stereocenters. The molecule has 0 fully saturated rings. The van der Waals surface area contributed by atoms with Crippen LogP contribution in [0.3, 0.4) is 0 Å². The monoisotopic (exact) mass is 270 g/mol. The smallest absolute Gasteiger partial charge is 0.118 e. The molecule has 0 heterocycles. The van der Waals surface area contributed by atoms with Crippen LogP contribution in [0, 0.1) is 0 Å². The number of hydrogen-bond donors (Lipinski definition) is 1. The van der Waals surface area contributed by atoms with Crippen LogP contribution in [-0.4, -0.2) is 25.6 Å². The maximum Gasteiger partial charge on any atom is 0.118 e. The van der Waals surface area contributed by atoms with Crippen molar-refractivity contribution in [2.45, 2.75) is 12.6 Å². The fourth-order valence-corrected chi connectivity index (χ4v) is 2.38. The zero-order valence-electron chi connectivity index (χ0n) is 12.1. The van der Waals surface area contributed by atoms with Gasteiger partial charge < -0.3 is 10.5 Å². The van der Waals surface area contributed by atoms with E-state index in [1.807, 2.05) is 18.2 Å². The summed E-state index contributed by atoms with van der Waals surface area (Å²) in [6.07, 6.45) is 0. The van der Waals surface area contributed by atoms with E-state index in [0.29, 0.717) is 6.54 Å². The van der Waals surface area contributed by atoms with Crippen LogP contribution >= 0.6 is 0 Å². The van der Waals surface area contributed by atoms with E-state index in [1.165, 1.54) is 11.1 Å². The first-order valence-corrected chi connectivity index (χ1v) is 6.82. The van der Waals surface area contributed by atoms with E-state index in [-0.39, 0.29) is 6.04 Å². The van der Waals surface area contributed by atoms with Crippen molar-refractivity contribution in [2.24, 2.45) is 5.73 Å². The Balaban J connectivity index is 2.10. The summed E-state index contributed by atoms with van der Waals surface area (Å²) in [5.41, 5.74) is 8.47. The lowest BCUT2D eigenvalue weighted by Gasteiger charge is -2.27. The third-order valence-corrected chi connectivity index (χ3v) is 3.53. The predicted molar refractivity (Wildman–Crippen MR) is 82.7 cm³/mol. The van der Waals surface area contributed by atoms with Gasteiger partial charge in [0.05, 0.1) is 7.11 Å². The van der Waals surface area contributed by atoms with E-state index in [9.17, 15) is 0 Å². The average molecular weight is 270 g/mol. The van der Waals surface area contributed by atoms with E-state index >= 15 is 0 Å². The lowest BCUT2D eigenvalue weighted by atomic mass is 10.0. The molecule has 0 aliphatic carbocycles. The van der Waals surface area contributed by atoms with Crippen molar-refractivity contribution in [2.75, 3.05) is 20.7 Å². The maximum atomic E-state index is 5.96. The first kappa shape index (κ1) is 14.6. The molecule has 0 aromatic heterocycles. The Bertz CT molecular complexity index is 510. The van der Waals surface area contributed by atoms with Gasteiger partial charge in [-0.05, 0) is 30.3 Å². The fraction of sp³-hybridized carbons (Fsp3) is 0.294. The minimum atomic E-state index is 0.209. The molecule has 0 saturated heterocycles. The summed E-state index contributed by atoms with van der Waals surface area (Å²) in [5, 5.41) is 0. The molecule has 0 saturated carbocycles. The number of benzene rings is 2. The molecule has 0 bridgehead atoms. The Morgan fingerprint density at radius 3 is 2.25 bits per heavy atom. The highest BCUT2D eigenvalue weighted by molar-refractivity contribution is 5.29. The first-order valence-electron chi connectivity index (χ1n) is 6.82. The molecule has 0 radical (unpaired) electrons. The van der Waals surface area contributed by atoms with E-state index in [1.54, 1.807) is 7.11 Å². The number of nitrogens with zero attached hydrogens (tertiary/aromatic N) is 1. The van der Waals surface area contributed by atoms with Crippen molar-refractivity contribution in [3.8, 4) is 5.75 Å². The average Bonchev–Trinajstić information content (AvgIpc) is 2.49. The summed E-state index contributed by atoms with van der Waals surface area (Å²) in [6, 6.07) is 18.8. The predicted octanol–water partition coefficient (Wildman–Crippen LogP) is 2.83. The SMILES string of the molecule is COc1ccc(C(CN)N(C)Cc2ccccc2)cc1. The second-order valence-corrected chi connectivity index (χ2v) is 4.93. The standard InChI is InChI=1S/C17H22N2O/c1-19(13-14-6-4-3-5-7-14)17(12-18)15-8-10-16(20-2)11-9-15/h3-11,17H,12-13,18H2,1-2H3. The van der Waals surface area contributed by atoms with Crippen LogP contribution in [-0.2, 0) is 6.54 Å². The number of methoxy groups -OCH3 is 1. The zero-order chi connectivity index (χ0) is 14.4. The van der Waals surface area contributed by atoms with Crippen molar-refractivity contribution >= 4 is 0 Å². The van der Waals surface area contributed by atoms with Crippen LogP contribution < -0.4 is 10.5 Å². The molecule has 2 rings (SSSR count). The van der Waals surface area contributed by atoms with Crippen LogP contribution in [0.15, 0.2) is 54.6 Å². The van der Waals surface area contributed by atoms with Gasteiger partial charge in [-0.2, -0.15) is 0 Å². The summed E-state index contributed by atoms with van der Waals surface area (Å²) >= 11 is 0. The van der Waals surface area contributed by atoms with Gasteiger partial charge in [-0.3, -0.25) is 4.90 Å². The van der Waals surface area contributed by atoms with Crippen LogP contribution in [0.25, 0.3) is 0 Å². The van der Waals surface area contributed by atoms with Gasteiger partial charge >= 0.3 is 0 Å². The van der Waals surface area contributed by atoms with Gasteiger partial charge in [0.1, 0.15) is 5.75 Å². The molecule has 3 heteroatoms. The number of likely N-dealkylation sites (N-methyl/N-ethyl adjacent to an activating group) is 1. The molecule has 0 aliphatic heterocycles. The van der Waals surface area contributed by atoms with E-state index < -0.39 is 0 Å². The minimum absolute atomic E-state index is 0.209. The van der Waals surface area contributed by atoms with Crippen LogP contribution in [0.4, 0.5) is 0 Å². The maximum absolute atomic E-state index is 5.96. The third kappa shape index (κ3) is 3.59. The first-order chi connectivity index (χ1) is 9.74. The molecule has 1 atom stereocenters. The van der Waals surface area contributed by atoms with Crippen molar-refractivity contribution in [1.82, 2.24) is 4.90 Å². The van der Waals surface area contributed by atoms with Gasteiger partial charge in [0.25, 0.3) is 0 Å². The Morgan fingerprint density at radius 1 is 1.05 bits per heavy atom. The normalized spacial score (nSPS) is 12.4. The summed E-state index contributed by atoms with van der Waals surface area (Å²) in [4.78, 5) is 2.27. The topological polar surface area (TPSA) is 38.5 Å². The quantitative estimate of drug-likeness (QED) is 0.877. The molecular formula is C17H22N2O. The van der Waals surface area contributed by atoms with Crippen LogP contribution in [0.1, 0.15) is 17.2 Å². The van der Waals surface area contributed by atoms with Crippen LogP contribution in [0.2, 0.25) is 0 Å². The molecule has 3 nitrogen and oxygen atoms in total. The fourth-order valence-electron chi connectivity index (χ4n) is 2.38. The third-order valence-electron chi connectivity index (χ3n) is 3.53. The van der Waals surface area contributed by atoms with Crippen molar-refractivity contribution in [3.63, 3.8) is 0 Å². The van der Waals surface area contributed by atoms with Crippen LogP contribution in [0.5, 0.6) is 5.75 Å². The second kappa shape index (κ2) is 7.08. The molecule has 20 heavy (non-hydrogen) atoms. The number of nitrogens with two attached hydrogens (primary N) is 1. The molecule has 2 aromatic carbocycles. The lowest BCUT2D eigenvalue weighted by molar-refractivity contribution is 0.241. The van der Waals surface area contributed by atoms with E-state index in [4.69, 9.17) is 10.5 Å². The van der Waals surface area contributed by atoms with E-state index in [0.717, 1.165) is 12.3 Å². The summed E-state index contributed by atoms with van der Waals surface area (Å²) < 4.78 is 5.19. The minimum Gasteiger partial charge on any atom is -0.497 e. The Labute approximate surface area is 121 Å². The number of hydrogen-bond acceptors (Lipinski definition) is 3. The molecule has 106 valence electrons. The van der Waals surface area contributed by atoms with E-state index in [2.05, 4.69) is 48.3 Å². The Morgan fingerprint density at radius 2 is 1.70 bits per heavy atom. The van der Waals surface area contributed by atoms with Gasteiger partial charge in [-0.15, -0.1) is 0 Å². The molecule has 2 N–H and O–H groups in total. The van der Waals surface area contributed by atoms with Gasteiger partial charge in [0, 0.05) is 19.1 Å². The van der Waals surface area contributed by atoms with Crippen molar-refractivity contribution < 1.29 is 4.74 Å². The highest BCUT2D eigenvalue weighted by atomic mass is 16.5. The Hall–Kier alpha value is -1.84. The lowest BCUT2D eigenvalue weighted by Crippen LogP contribution is -2.30.